The Morgan fingerprint density at radius 1 is 1.06 bits per heavy atom. The molecule has 1 aromatic rings. The van der Waals surface area contributed by atoms with Crippen LogP contribution in [0.4, 0.5) is 0 Å². The van der Waals surface area contributed by atoms with Gasteiger partial charge in [0.2, 0.25) is 0 Å². The fraction of sp³-hybridized carbons (Fsp3) is 0.300. The van der Waals surface area contributed by atoms with E-state index in [-0.39, 0.29) is 5.56 Å². The number of hydrogen-bond acceptors (Lipinski definition) is 7. The molecule has 94 valence electrons. The molecule has 0 amide bonds. The van der Waals surface area contributed by atoms with Gasteiger partial charge < -0.3 is 30.6 Å². The predicted octanol–water partition coefficient (Wildman–Crippen LogP) is -1.30. The third-order valence-electron chi connectivity index (χ3n) is 2.28. The SMILES string of the molecule is O=C(c1cc(O)c(O)c(O)c1)C(O)(CO)CO. The highest BCUT2D eigenvalue weighted by Gasteiger charge is 2.36. The minimum atomic E-state index is -2.41. The number of ketones is 1. The lowest BCUT2D eigenvalue weighted by molar-refractivity contribution is -0.0327. The van der Waals surface area contributed by atoms with E-state index in [9.17, 15) is 20.1 Å². The molecular formula is C10H12O7. The second-order valence-electron chi connectivity index (χ2n) is 3.54. The van der Waals surface area contributed by atoms with Crippen molar-refractivity contribution in [3.63, 3.8) is 0 Å². The van der Waals surface area contributed by atoms with Gasteiger partial charge in [-0.1, -0.05) is 0 Å². The molecule has 7 heteroatoms. The van der Waals surface area contributed by atoms with Crippen molar-refractivity contribution in [1.29, 1.82) is 0 Å². The lowest BCUT2D eigenvalue weighted by atomic mass is 9.94. The number of aliphatic hydroxyl groups excluding tert-OH is 2. The Bertz CT molecular complexity index is 413. The first-order chi connectivity index (χ1) is 7.85. The second kappa shape index (κ2) is 4.58. The van der Waals surface area contributed by atoms with E-state index >= 15 is 0 Å². The summed E-state index contributed by atoms with van der Waals surface area (Å²) in [6.07, 6.45) is 0. The number of benzene rings is 1. The molecule has 0 atom stereocenters. The molecule has 0 unspecified atom stereocenters. The Morgan fingerprint density at radius 3 is 1.82 bits per heavy atom. The number of phenols is 3. The first kappa shape index (κ1) is 13.2. The molecule has 0 saturated heterocycles. The van der Waals surface area contributed by atoms with Gasteiger partial charge in [0.05, 0.1) is 13.2 Å². The van der Waals surface area contributed by atoms with Crippen LogP contribution in [0.2, 0.25) is 0 Å². The molecule has 0 fully saturated rings. The van der Waals surface area contributed by atoms with Gasteiger partial charge in [-0.15, -0.1) is 0 Å². The Labute approximate surface area is 95.8 Å². The Balaban J connectivity index is 3.22. The van der Waals surface area contributed by atoms with Crippen molar-refractivity contribution in [2.24, 2.45) is 0 Å². The molecule has 0 heterocycles. The van der Waals surface area contributed by atoms with E-state index in [0.29, 0.717) is 0 Å². The van der Waals surface area contributed by atoms with Gasteiger partial charge in [-0.2, -0.15) is 0 Å². The van der Waals surface area contributed by atoms with E-state index < -0.39 is 41.8 Å². The number of Topliss-reactive ketones (excluding diaryl/α,β-unsaturated/α-hetero) is 1. The van der Waals surface area contributed by atoms with Crippen molar-refractivity contribution in [3.8, 4) is 17.2 Å². The van der Waals surface area contributed by atoms with Crippen LogP contribution in [0.3, 0.4) is 0 Å². The molecule has 17 heavy (non-hydrogen) atoms. The van der Waals surface area contributed by atoms with Crippen LogP contribution in [0.1, 0.15) is 10.4 Å². The van der Waals surface area contributed by atoms with Crippen LogP contribution in [0, 0.1) is 0 Å². The number of aromatic hydroxyl groups is 3. The molecule has 0 aliphatic rings. The molecule has 0 saturated carbocycles. The van der Waals surface area contributed by atoms with Gasteiger partial charge >= 0.3 is 0 Å². The van der Waals surface area contributed by atoms with E-state index in [2.05, 4.69) is 0 Å². The van der Waals surface area contributed by atoms with Gasteiger partial charge in [-0.3, -0.25) is 4.79 Å². The van der Waals surface area contributed by atoms with Gasteiger partial charge in [-0.05, 0) is 12.1 Å². The smallest absolute Gasteiger partial charge is 0.200 e. The predicted molar refractivity (Wildman–Crippen MR) is 54.9 cm³/mol. The molecule has 7 nitrogen and oxygen atoms in total. The second-order valence-corrected chi connectivity index (χ2v) is 3.54. The zero-order chi connectivity index (χ0) is 13.2. The maximum absolute atomic E-state index is 11.7. The van der Waals surface area contributed by atoms with Crippen molar-refractivity contribution in [2.75, 3.05) is 13.2 Å². The van der Waals surface area contributed by atoms with E-state index in [1.54, 1.807) is 0 Å². The third-order valence-corrected chi connectivity index (χ3v) is 2.28. The summed E-state index contributed by atoms with van der Waals surface area (Å²) < 4.78 is 0. The summed E-state index contributed by atoms with van der Waals surface area (Å²) in [4.78, 5) is 11.7. The fourth-order valence-electron chi connectivity index (χ4n) is 1.20. The Morgan fingerprint density at radius 2 is 1.47 bits per heavy atom. The van der Waals surface area contributed by atoms with Crippen LogP contribution in [0.25, 0.3) is 0 Å². The summed E-state index contributed by atoms with van der Waals surface area (Å²) in [7, 11) is 0. The molecule has 1 aromatic carbocycles. The Hall–Kier alpha value is -1.83. The zero-order valence-corrected chi connectivity index (χ0v) is 8.66. The number of aliphatic hydroxyl groups is 3. The largest absolute Gasteiger partial charge is 0.504 e. The van der Waals surface area contributed by atoms with Gasteiger partial charge in [0, 0.05) is 5.56 Å². The minimum absolute atomic E-state index is 0.358. The van der Waals surface area contributed by atoms with Gasteiger partial charge in [0.1, 0.15) is 0 Å². The lowest BCUT2D eigenvalue weighted by Gasteiger charge is -2.21. The maximum Gasteiger partial charge on any atom is 0.200 e. The zero-order valence-electron chi connectivity index (χ0n) is 8.66. The molecule has 0 bridgehead atoms. The van der Waals surface area contributed by atoms with Crippen molar-refractivity contribution >= 4 is 5.78 Å². The van der Waals surface area contributed by atoms with Gasteiger partial charge in [-0.25, -0.2) is 0 Å². The van der Waals surface area contributed by atoms with Crippen LogP contribution in [-0.4, -0.2) is 55.2 Å². The standard InChI is InChI=1S/C10H12O7/c11-3-10(17,4-12)9(16)5-1-6(13)8(15)7(14)2-5/h1-2,11-15,17H,3-4H2. The van der Waals surface area contributed by atoms with Crippen LogP contribution in [0.15, 0.2) is 12.1 Å². The van der Waals surface area contributed by atoms with Gasteiger partial charge in [0.15, 0.2) is 28.6 Å². The summed E-state index contributed by atoms with van der Waals surface area (Å²) in [5.74, 6) is -3.41. The van der Waals surface area contributed by atoms with Crippen molar-refractivity contribution in [2.45, 2.75) is 5.60 Å². The summed E-state index contributed by atoms with van der Waals surface area (Å²) >= 11 is 0. The average molecular weight is 244 g/mol. The van der Waals surface area contributed by atoms with Crippen molar-refractivity contribution < 1.29 is 35.4 Å². The maximum atomic E-state index is 11.7. The molecule has 1 rings (SSSR count). The number of phenolic OH excluding ortho intramolecular Hbond substituents is 3. The summed E-state index contributed by atoms with van der Waals surface area (Å²) in [6, 6.07) is 1.60. The van der Waals surface area contributed by atoms with E-state index in [1.807, 2.05) is 0 Å². The number of carbonyl (C=O) groups is 1. The van der Waals surface area contributed by atoms with E-state index in [4.69, 9.17) is 15.3 Å². The normalized spacial score (nSPS) is 11.5. The van der Waals surface area contributed by atoms with Crippen LogP contribution in [0.5, 0.6) is 17.2 Å². The molecular weight excluding hydrogens is 232 g/mol. The van der Waals surface area contributed by atoms with Crippen LogP contribution in [-0.2, 0) is 0 Å². The lowest BCUT2D eigenvalue weighted by Crippen LogP contribution is -2.45. The quantitative estimate of drug-likeness (QED) is 0.286. The molecule has 0 spiro atoms. The summed E-state index contributed by atoms with van der Waals surface area (Å²) in [6.45, 7) is -2.05. The van der Waals surface area contributed by atoms with Crippen LogP contribution >= 0.6 is 0 Å². The molecule has 0 aromatic heterocycles. The third kappa shape index (κ3) is 2.31. The van der Waals surface area contributed by atoms with E-state index in [1.165, 1.54) is 0 Å². The summed E-state index contributed by atoms with van der Waals surface area (Å²) in [5, 5.41) is 54.5. The molecule has 6 N–H and O–H groups in total. The highest BCUT2D eigenvalue weighted by Crippen LogP contribution is 2.36. The average Bonchev–Trinajstić information content (AvgIpc) is 2.33. The number of rotatable bonds is 4. The molecule has 0 radical (unpaired) electrons. The fourth-order valence-corrected chi connectivity index (χ4v) is 1.20. The van der Waals surface area contributed by atoms with Crippen LogP contribution < -0.4 is 0 Å². The number of hydrogen-bond donors (Lipinski definition) is 6. The molecule has 0 aliphatic carbocycles. The summed E-state index contributed by atoms with van der Waals surface area (Å²) in [5.41, 5.74) is -2.76. The minimum Gasteiger partial charge on any atom is -0.504 e. The van der Waals surface area contributed by atoms with E-state index in [0.717, 1.165) is 12.1 Å². The molecule has 0 aliphatic heterocycles. The van der Waals surface area contributed by atoms with Gasteiger partial charge in [0.25, 0.3) is 0 Å². The Kier molecular flexibility index (Phi) is 3.56. The van der Waals surface area contributed by atoms with Crippen molar-refractivity contribution in [3.05, 3.63) is 17.7 Å². The first-order valence-corrected chi connectivity index (χ1v) is 4.59. The monoisotopic (exact) mass is 244 g/mol. The number of carbonyl (C=O) groups excluding carboxylic acids is 1. The highest BCUT2D eigenvalue weighted by molar-refractivity contribution is 6.03. The highest BCUT2D eigenvalue weighted by atomic mass is 16.4. The topological polar surface area (TPSA) is 138 Å². The first-order valence-electron chi connectivity index (χ1n) is 4.59. The van der Waals surface area contributed by atoms with Crippen molar-refractivity contribution in [1.82, 2.24) is 0 Å².